The summed E-state index contributed by atoms with van der Waals surface area (Å²) < 4.78 is 13.0. The molecule has 0 spiro atoms. The molecule has 1 aliphatic heterocycles. The van der Waals surface area contributed by atoms with Gasteiger partial charge in [-0.15, -0.1) is 0 Å². The number of aromatic nitrogens is 2. The molecule has 0 bridgehead atoms. The average molecular weight is 332 g/mol. The van der Waals surface area contributed by atoms with E-state index in [2.05, 4.69) is 15.3 Å². The van der Waals surface area contributed by atoms with Gasteiger partial charge in [0.05, 0.1) is 19.3 Å². The molecule has 7 heteroatoms. The van der Waals surface area contributed by atoms with Crippen molar-refractivity contribution in [2.75, 3.05) is 32.8 Å². The molecule has 2 aromatic rings. The summed E-state index contributed by atoms with van der Waals surface area (Å²) in [6, 6.07) is 5.84. The lowest BCUT2D eigenvalue weighted by Crippen LogP contribution is -2.43. The Kier molecular flexibility index (Phi) is 5.66. The Morgan fingerprint density at radius 2 is 2.21 bits per heavy atom. The fourth-order valence-corrected chi connectivity index (χ4v) is 2.88. The van der Waals surface area contributed by atoms with Gasteiger partial charge < -0.3 is 14.5 Å². The van der Waals surface area contributed by atoms with E-state index in [-0.39, 0.29) is 11.9 Å². The van der Waals surface area contributed by atoms with Crippen LogP contribution in [0.3, 0.4) is 0 Å². The molecule has 24 heavy (non-hydrogen) atoms. The van der Waals surface area contributed by atoms with Crippen molar-refractivity contribution in [3.8, 4) is 0 Å². The third kappa shape index (κ3) is 4.46. The minimum Gasteiger partial charge on any atom is -0.465 e. The third-order valence-corrected chi connectivity index (χ3v) is 4.20. The highest BCUT2D eigenvalue weighted by Gasteiger charge is 2.25. The second-order valence-electron chi connectivity index (χ2n) is 5.94. The number of aryl methyl sites for hydroxylation is 2. The molecule has 130 valence electrons. The third-order valence-electron chi connectivity index (χ3n) is 4.20. The minimum atomic E-state index is 0.0204. The van der Waals surface area contributed by atoms with E-state index in [0.717, 1.165) is 24.6 Å². The number of carbonyl (C=O) groups is 1. The fourth-order valence-electron chi connectivity index (χ4n) is 2.88. The first-order valence-electron chi connectivity index (χ1n) is 8.34. The Balaban J connectivity index is 1.55. The lowest BCUT2D eigenvalue weighted by molar-refractivity contribution is -0.121. The largest absolute Gasteiger partial charge is 0.465 e. The Morgan fingerprint density at radius 3 is 2.88 bits per heavy atom. The molecule has 0 saturated carbocycles. The van der Waals surface area contributed by atoms with E-state index < -0.39 is 0 Å². The van der Waals surface area contributed by atoms with Crippen molar-refractivity contribution in [2.45, 2.75) is 25.9 Å². The first kappa shape index (κ1) is 16.7. The monoisotopic (exact) mass is 332 g/mol. The number of hydrogen-bond acceptors (Lipinski definition) is 5. The molecule has 3 rings (SSSR count). The van der Waals surface area contributed by atoms with Gasteiger partial charge in [0.25, 0.3) is 0 Å². The van der Waals surface area contributed by atoms with Crippen molar-refractivity contribution < 1.29 is 13.9 Å². The van der Waals surface area contributed by atoms with E-state index in [1.54, 1.807) is 10.9 Å². The number of carbonyl (C=O) groups excluding carboxylic acids is 1. The molecule has 0 unspecified atom stereocenters. The van der Waals surface area contributed by atoms with Gasteiger partial charge in [-0.25, -0.2) is 0 Å². The van der Waals surface area contributed by atoms with E-state index >= 15 is 0 Å². The van der Waals surface area contributed by atoms with Gasteiger partial charge in [-0.3, -0.25) is 14.4 Å². The number of nitrogens with one attached hydrogen (secondary N) is 1. The number of hydrogen-bond donors (Lipinski definition) is 1. The Labute approximate surface area is 141 Å². The Hall–Kier alpha value is -2.12. The highest BCUT2D eigenvalue weighted by molar-refractivity contribution is 5.75. The molecule has 1 saturated heterocycles. The Bertz CT molecular complexity index is 632. The molecule has 1 fully saturated rings. The predicted octanol–water partition coefficient (Wildman–Crippen LogP) is 1.36. The van der Waals surface area contributed by atoms with Crippen molar-refractivity contribution >= 4 is 5.91 Å². The number of morpholine rings is 1. The molecule has 0 radical (unpaired) electrons. The van der Waals surface area contributed by atoms with Gasteiger partial charge in [-0.05, 0) is 25.1 Å². The zero-order valence-electron chi connectivity index (χ0n) is 14.0. The average Bonchev–Trinajstić information content (AvgIpc) is 3.26. The zero-order chi connectivity index (χ0) is 16.8. The first-order valence-corrected chi connectivity index (χ1v) is 8.34. The smallest absolute Gasteiger partial charge is 0.221 e. The maximum absolute atomic E-state index is 12.1. The molecule has 3 heterocycles. The molecular weight excluding hydrogens is 308 g/mol. The summed E-state index contributed by atoms with van der Waals surface area (Å²) in [5.74, 6) is 1.79. The minimum absolute atomic E-state index is 0.0204. The van der Waals surface area contributed by atoms with Gasteiger partial charge >= 0.3 is 0 Å². The van der Waals surface area contributed by atoms with E-state index in [4.69, 9.17) is 9.15 Å². The van der Waals surface area contributed by atoms with Crippen molar-refractivity contribution in [1.29, 1.82) is 0 Å². The van der Waals surface area contributed by atoms with E-state index in [1.807, 2.05) is 31.3 Å². The van der Waals surface area contributed by atoms with Crippen molar-refractivity contribution in [3.63, 3.8) is 0 Å². The molecule has 7 nitrogen and oxygen atoms in total. The van der Waals surface area contributed by atoms with Crippen molar-refractivity contribution in [2.24, 2.45) is 0 Å². The van der Waals surface area contributed by atoms with Gasteiger partial charge in [0.2, 0.25) is 5.91 Å². The first-order chi connectivity index (χ1) is 11.7. The second-order valence-corrected chi connectivity index (χ2v) is 5.94. The molecule has 1 aliphatic rings. The van der Waals surface area contributed by atoms with E-state index in [1.165, 1.54) is 0 Å². The quantitative estimate of drug-likeness (QED) is 0.829. The van der Waals surface area contributed by atoms with Gasteiger partial charge in [0.1, 0.15) is 11.5 Å². The summed E-state index contributed by atoms with van der Waals surface area (Å²) in [7, 11) is 0. The van der Waals surface area contributed by atoms with E-state index in [9.17, 15) is 4.79 Å². The maximum Gasteiger partial charge on any atom is 0.221 e. The molecular formula is C17H24N4O3. The topological polar surface area (TPSA) is 72.5 Å². The SMILES string of the molecule is Cc1ccc([C@H](CNC(=O)CCn2cccn2)N2CCOCC2)o1. The number of ether oxygens (including phenoxy) is 1. The number of furan rings is 1. The van der Waals surface area contributed by atoms with Crippen LogP contribution in [0.1, 0.15) is 24.0 Å². The summed E-state index contributed by atoms with van der Waals surface area (Å²) >= 11 is 0. The fraction of sp³-hybridized carbons (Fsp3) is 0.529. The van der Waals surface area contributed by atoms with Crippen LogP contribution in [0.2, 0.25) is 0 Å². The summed E-state index contributed by atoms with van der Waals surface area (Å²) in [6.07, 6.45) is 3.98. The van der Waals surface area contributed by atoms with Crippen LogP contribution in [-0.2, 0) is 16.1 Å². The number of nitrogens with zero attached hydrogens (tertiary/aromatic N) is 3. The van der Waals surface area contributed by atoms with Gasteiger partial charge in [-0.2, -0.15) is 5.10 Å². The standard InChI is InChI=1S/C17H24N4O3/c1-14-3-4-16(24-14)15(20-9-11-23-12-10-20)13-18-17(22)5-8-21-7-2-6-19-21/h2-4,6-7,15H,5,8-13H2,1H3,(H,18,22)/t15-/m0/s1. The highest BCUT2D eigenvalue weighted by atomic mass is 16.5. The van der Waals surface area contributed by atoms with Crippen molar-refractivity contribution in [3.05, 3.63) is 42.1 Å². The lowest BCUT2D eigenvalue weighted by Gasteiger charge is -2.33. The van der Waals surface area contributed by atoms with E-state index in [0.29, 0.717) is 32.7 Å². The summed E-state index contributed by atoms with van der Waals surface area (Å²) in [5, 5.41) is 7.13. The van der Waals surface area contributed by atoms with Gasteiger partial charge in [0.15, 0.2) is 0 Å². The van der Waals surface area contributed by atoms with Crippen LogP contribution >= 0.6 is 0 Å². The van der Waals surface area contributed by atoms with Crippen molar-refractivity contribution in [1.82, 2.24) is 20.0 Å². The molecule has 2 aromatic heterocycles. The molecule has 0 aromatic carbocycles. The summed E-state index contributed by atoms with van der Waals surface area (Å²) in [5.41, 5.74) is 0. The second kappa shape index (κ2) is 8.12. The number of amides is 1. The molecule has 1 N–H and O–H groups in total. The lowest BCUT2D eigenvalue weighted by atomic mass is 10.1. The van der Waals surface area contributed by atoms with Crippen LogP contribution in [0.5, 0.6) is 0 Å². The van der Waals surface area contributed by atoms with Gasteiger partial charge in [0, 0.05) is 45.0 Å². The number of rotatable bonds is 7. The van der Waals surface area contributed by atoms with Crippen LogP contribution < -0.4 is 5.32 Å². The highest BCUT2D eigenvalue weighted by Crippen LogP contribution is 2.23. The van der Waals surface area contributed by atoms with Crippen LogP contribution in [-0.4, -0.2) is 53.4 Å². The molecule has 0 aliphatic carbocycles. The molecule has 1 amide bonds. The van der Waals surface area contributed by atoms with Crippen LogP contribution in [0.15, 0.2) is 35.0 Å². The summed E-state index contributed by atoms with van der Waals surface area (Å²) in [6.45, 7) is 6.16. The Morgan fingerprint density at radius 1 is 1.38 bits per heavy atom. The molecule has 1 atom stereocenters. The zero-order valence-corrected chi connectivity index (χ0v) is 14.0. The van der Waals surface area contributed by atoms with Crippen LogP contribution in [0, 0.1) is 6.92 Å². The predicted molar refractivity (Wildman–Crippen MR) is 88.4 cm³/mol. The van der Waals surface area contributed by atoms with Crippen LogP contribution in [0.25, 0.3) is 0 Å². The van der Waals surface area contributed by atoms with Gasteiger partial charge in [-0.1, -0.05) is 0 Å². The van der Waals surface area contributed by atoms with Crippen LogP contribution in [0.4, 0.5) is 0 Å². The maximum atomic E-state index is 12.1. The summed E-state index contributed by atoms with van der Waals surface area (Å²) in [4.78, 5) is 14.4. The normalized spacial score (nSPS) is 16.9.